The van der Waals surface area contributed by atoms with E-state index in [0.717, 1.165) is 0 Å². The number of carbonyl (C=O) groups is 5. The molecule has 0 fully saturated rings. The zero-order valence-corrected chi connectivity index (χ0v) is 23.2. The highest BCUT2D eigenvalue weighted by Gasteiger charge is 2.34. The maximum atomic E-state index is 13.2. The highest BCUT2D eigenvalue weighted by molar-refractivity contribution is 5.95. The zero-order chi connectivity index (χ0) is 30.4. The zero-order valence-electron chi connectivity index (χ0n) is 23.2. The van der Waals surface area contributed by atoms with Gasteiger partial charge < -0.3 is 42.9 Å². The Kier molecular flexibility index (Phi) is 14.1. The van der Waals surface area contributed by atoms with E-state index in [1.807, 2.05) is 0 Å². The third-order valence-corrected chi connectivity index (χ3v) is 5.85. The molecule has 0 heterocycles. The van der Waals surface area contributed by atoms with Crippen molar-refractivity contribution in [1.29, 1.82) is 0 Å². The van der Waals surface area contributed by atoms with Gasteiger partial charge in [0.25, 0.3) is 0 Å². The molecule has 10 N–H and O–H groups in total. The van der Waals surface area contributed by atoms with E-state index >= 15 is 0 Å². The molecular weight excluding hydrogens is 522 g/mol. The van der Waals surface area contributed by atoms with E-state index in [1.165, 1.54) is 13.8 Å². The molecule has 0 aromatic heterocycles. The molecule has 0 aliphatic carbocycles. The van der Waals surface area contributed by atoms with E-state index in [0.29, 0.717) is 12.0 Å². The van der Waals surface area contributed by atoms with Gasteiger partial charge in [0.05, 0.1) is 6.10 Å². The van der Waals surface area contributed by atoms with Gasteiger partial charge in [-0.3, -0.25) is 24.2 Å². The van der Waals surface area contributed by atoms with Crippen LogP contribution in [-0.4, -0.2) is 82.6 Å². The van der Waals surface area contributed by atoms with Gasteiger partial charge in [0.15, 0.2) is 5.96 Å². The van der Waals surface area contributed by atoms with Gasteiger partial charge in [-0.15, -0.1) is 0 Å². The molecule has 0 saturated heterocycles. The van der Waals surface area contributed by atoms with Crippen molar-refractivity contribution in [1.82, 2.24) is 21.3 Å². The SMILES string of the molecule is CC(=O)N[C@@H](CCCN=C(N)N)C(=O)N[C@H](C(=O)N[C@H](C(=O)N[C@@H](Cc1ccccc1)C(=O)O)[C@@H](C)O)C(C)C. The van der Waals surface area contributed by atoms with Crippen LogP contribution in [0.5, 0.6) is 0 Å². The van der Waals surface area contributed by atoms with Gasteiger partial charge in [0.1, 0.15) is 24.2 Å². The van der Waals surface area contributed by atoms with Crippen LogP contribution in [0.1, 0.15) is 46.1 Å². The number of aliphatic hydroxyl groups excluding tert-OH is 1. The lowest BCUT2D eigenvalue weighted by atomic mass is 10.0. The first-order valence-corrected chi connectivity index (χ1v) is 12.9. The third kappa shape index (κ3) is 12.1. The summed E-state index contributed by atoms with van der Waals surface area (Å²) < 4.78 is 0. The summed E-state index contributed by atoms with van der Waals surface area (Å²) in [5.74, 6) is -4.63. The second-order valence-corrected chi connectivity index (χ2v) is 9.75. The quantitative estimate of drug-likeness (QED) is 0.0653. The van der Waals surface area contributed by atoms with Gasteiger partial charge in [0.2, 0.25) is 23.6 Å². The minimum atomic E-state index is -1.51. The van der Waals surface area contributed by atoms with Crippen molar-refractivity contribution in [2.75, 3.05) is 6.54 Å². The molecule has 0 radical (unpaired) electrons. The molecule has 222 valence electrons. The number of nitrogens with two attached hydrogens (primary N) is 2. The Morgan fingerprint density at radius 1 is 0.850 bits per heavy atom. The fourth-order valence-electron chi connectivity index (χ4n) is 3.77. The van der Waals surface area contributed by atoms with Crippen molar-refractivity contribution >= 4 is 35.6 Å². The van der Waals surface area contributed by atoms with Gasteiger partial charge in [0, 0.05) is 19.9 Å². The summed E-state index contributed by atoms with van der Waals surface area (Å²) in [6, 6.07) is 3.71. The first-order valence-electron chi connectivity index (χ1n) is 12.9. The van der Waals surface area contributed by atoms with Crippen molar-refractivity contribution in [3.05, 3.63) is 35.9 Å². The standard InChI is InChI=1S/C26H41N7O7/c1-14(2)20(32-22(36)18(30-16(4)35)11-8-12-29-26(27)28)23(37)33-21(15(3)34)24(38)31-19(25(39)40)13-17-9-6-5-7-10-17/h5-7,9-10,14-15,18-21,34H,8,11-13H2,1-4H3,(H,30,35)(H,31,38)(H,32,36)(H,33,37)(H,39,40)(H4,27,28,29)/t15-,18+,19+,20+,21+/m1/s1. The molecule has 1 aromatic rings. The number of nitrogens with one attached hydrogen (secondary N) is 4. The van der Waals surface area contributed by atoms with E-state index in [-0.39, 0.29) is 25.3 Å². The monoisotopic (exact) mass is 563 g/mol. The van der Waals surface area contributed by atoms with Gasteiger partial charge >= 0.3 is 5.97 Å². The highest BCUT2D eigenvalue weighted by Crippen LogP contribution is 2.08. The number of carboxylic acid groups (broad SMARTS) is 1. The summed E-state index contributed by atoms with van der Waals surface area (Å²) >= 11 is 0. The number of aliphatic hydroxyl groups is 1. The van der Waals surface area contributed by atoms with E-state index in [4.69, 9.17) is 11.5 Å². The summed E-state index contributed by atoms with van der Waals surface area (Å²) in [6.45, 7) is 6.07. The largest absolute Gasteiger partial charge is 0.480 e. The van der Waals surface area contributed by atoms with Crippen molar-refractivity contribution in [3.8, 4) is 0 Å². The van der Waals surface area contributed by atoms with Crippen molar-refractivity contribution in [2.24, 2.45) is 22.4 Å². The van der Waals surface area contributed by atoms with E-state index in [2.05, 4.69) is 26.3 Å². The lowest BCUT2D eigenvalue weighted by Crippen LogP contribution is -2.61. The molecule has 0 bridgehead atoms. The van der Waals surface area contributed by atoms with Crippen LogP contribution in [0.25, 0.3) is 0 Å². The third-order valence-electron chi connectivity index (χ3n) is 5.85. The number of amides is 4. The molecule has 0 saturated carbocycles. The molecule has 0 unspecified atom stereocenters. The Hall–Kier alpha value is -4.20. The molecular formula is C26H41N7O7. The van der Waals surface area contributed by atoms with Gasteiger partial charge in [-0.2, -0.15) is 0 Å². The molecule has 14 heteroatoms. The van der Waals surface area contributed by atoms with Gasteiger partial charge in [-0.25, -0.2) is 4.79 Å². The van der Waals surface area contributed by atoms with Crippen LogP contribution in [0, 0.1) is 5.92 Å². The van der Waals surface area contributed by atoms with Crippen molar-refractivity contribution in [3.63, 3.8) is 0 Å². The number of aliphatic carboxylic acids is 1. The Balaban J connectivity index is 2.98. The maximum Gasteiger partial charge on any atom is 0.326 e. The Labute approximate surface area is 233 Å². The minimum Gasteiger partial charge on any atom is -0.480 e. The Morgan fingerprint density at radius 3 is 1.93 bits per heavy atom. The summed E-state index contributed by atoms with van der Waals surface area (Å²) in [4.78, 5) is 66.4. The second kappa shape index (κ2) is 16.7. The number of hydrogen-bond acceptors (Lipinski definition) is 7. The Bertz CT molecular complexity index is 1040. The van der Waals surface area contributed by atoms with E-state index in [1.54, 1.807) is 44.2 Å². The smallest absolute Gasteiger partial charge is 0.326 e. The lowest BCUT2D eigenvalue weighted by molar-refractivity contribution is -0.143. The topological polar surface area (TPSA) is 238 Å². The molecule has 1 rings (SSSR count). The number of aliphatic imine (C=N–C) groups is 1. The molecule has 40 heavy (non-hydrogen) atoms. The summed E-state index contributed by atoms with van der Waals surface area (Å²) in [6.07, 6.45) is -0.847. The Morgan fingerprint density at radius 2 is 1.43 bits per heavy atom. The van der Waals surface area contributed by atoms with Crippen LogP contribution < -0.4 is 32.7 Å². The van der Waals surface area contributed by atoms with Crippen LogP contribution in [0.4, 0.5) is 0 Å². The fraction of sp³-hybridized carbons (Fsp3) is 0.538. The highest BCUT2D eigenvalue weighted by atomic mass is 16.4. The maximum absolute atomic E-state index is 13.2. The first-order chi connectivity index (χ1) is 18.7. The van der Waals surface area contributed by atoms with E-state index < -0.39 is 65.8 Å². The average Bonchev–Trinajstić information content (AvgIpc) is 2.86. The van der Waals surface area contributed by atoms with Gasteiger partial charge in [-0.1, -0.05) is 44.2 Å². The predicted octanol–water partition coefficient (Wildman–Crippen LogP) is -1.64. The molecule has 4 amide bonds. The van der Waals surface area contributed by atoms with Crippen LogP contribution in [-0.2, 0) is 30.4 Å². The van der Waals surface area contributed by atoms with Crippen LogP contribution in [0.2, 0.25) is 0 Å². The first kappa shape index (κ1) is 33.8. The number of guanidine groups is 1. The fourth-order valence-corrected chi connectivity index (χ4v) is 3.77. The number of carbonyl (C=O) groups excluding carboxylic acids is 4. The molecule has 0 aliphatic rings. The number of rotatable bonds is 16. The van der Waals surface area contributed by atoms with Crippen LogP contribution >= 0.6 is 0 Å². The lowest BCUT2D eigenvalue weighted by Gasteiger charge is -2.28. The van der Waals surface area contributed by atoms with Crippen molar-refractivity contribution < 1.29 is 34.2 Å². The number of nitrogens with zero attached hydrogens (tertiary/aromatic N) is 1. The van der Waals surface area contributed by atoms with Crippen molar-refractivity contribution in [2.45, 2.75) is 77.2 Å². The number of benzene rings is 1. The number of hydrogen-bond donors (Lipinski definition) is 8. The normalized spacial score (nSPS) is 14.6. The number of carboxylic acids is 1. The molecule has 1 aromatic carbocycles. The summed E-state index contributed by atoms with van der Waals surface area (Å²) in [5, 5.41) is 29.7. The van der Waals surface area contributed by atoms with Crippen LogP contribution in [0.15, 0.2) is 35.3 Å². The average molecular weight is 564 g/mol. The van der Waals surface area contributed by atoms with E-state index in [9.17, 15) is 34.2 Å². The summed E-state index contributed by atoms with van der Waals surface area (Å²) in [7, 11) is 0. The van der Waals surface area contributed by atoms with Gasteiger partial charge in [-0.05, 0) is 31.2 Å². The molecule has 0 spiro atoms. The minimum absolute atomic E-state index is 0.0131. The molecule has 5 atom stereocenters. The molecule has 0 aliphatic heterocycles. The second-order valence-electron chi connectivity index (χ2n) is 9.75. The summed E-state index contributed by atoms with van der Waals surface area (Å²) in [5.41, 5.74) is 11.3. The predicted molar refractivity (Wildman–Crippen MR) is 148 cm³/mol. The molecule has 14 nitrogen and oxygen atoms in total. The van der Waals surface area contributed by atoms with Crippen LogP contribution in [0.3, 0.4) is 0 Å².